The second-order valence-corrected chi connectivity index (χ2v) is 7.58. The lowest BCUT2D eigenvalue weighted by molar-refractivity contribution is -0.117. The Bertz CT molecular complexity index is 1100. The highest BCUT2D eigenvalue weighted by atomic mass is 16.2. The predicted octanol–water partition coefficient (Wildman–Crippen LogP) is 5.15. The molecule has 0 aliphatic heterocycles. The van der Waals surface area contributed by atoms with Gasteiger partial charge in [0, 0.05) is 24.0 Å². The topological polar surface area (TPSA) is 68.0 Å². The second kappa shape index (κ2) is 9.37. The van der Waals surface area contributed by atoms with E-state index >= 15 is 0 Å². The predicted molar refractivity (Wildman–Crippen MR) is 126 cm³/mol. The van der Waals surface area contributed by atoms with E-state index in [1.54, 1.807) is 6.20 Å². The molecule has 1 aromatic heterocycles. The van der Waals surface area contributed by atoms with Crippen LogP contribution in [0.25, 0.3) is 11.1 Å². The molecule has 0 aliphatic rings. The summed E-state index contributed by atoms with van der Waals surface area (Å²) in [6, 6.07) is 28.9. The summed E-state index contributed by atoms with van der Waals surface area (Å²) in [5.74, 6) is -0.452. The summed E-state index contributed by atoms with van der Waals surface area (Å²) in [5.41, 5.74) is 12.5. The van der Waals surface area contributed by atoms with Crippen LogP contribution in [0.15, 0.2) is 103 Å². The molecule has 0 radical (unpaired) electrons. The van der Waals surface area contributed by atoms with Gasteiger partial charge in [0.15, 0.2) is 0 Å². The fraction of sp³-hybridized carbons (Fsp3) is 0.111. The fourth-order valence-corrected chi connectivity index (χ4v) is 3.84. The lowest BCUT2D eigenvalue weighted by Crippen LogP contribution is -2.41. The van der Waals surface area contributed by atoms with Crippen LogP contribution in [0.1, 0.15) is 22.6 Å². The number of pyridine rings is 1. The van der Waals surface area contributed by atoms with E-state index in [0.717, 1.165) is 33.5 Å². The average molecular weight is 408 g/mol. The molecule has 4 nitrogen and oxygen atoms in total. The monoisotopic (exact) mass is 407 g/mol. The van der Waals surface area contributed by atoms with Crippen molar-refractivity contribution in [2.24, 2.45) is 5.73 Å². The minimum atomic E-state index is -0.730. The van der Waals surface area contributed by atoms with Gasteiger partial charge >= 0.3 is 0 Å². The highest BCUT2D eigenvalue weighted by Crippen LogP contribution is 2.28. The van der Waals surface area contributed by atoms with Gasteiger partial charge in [-0.25, -0.2) is 0 Å². The molecule has 0 saturated heterocycles. The van der Waals surface area contributed by atoms with Crippen molar-refractivity contribution in [3.63, 3.8) is 0 Å². The number of hydrogen-bond donors (Lipinski definition) is 2. The first-order chi connectivity index (χ1) is 15.1. The summed E-state index contributed by atoms with van der Waals surface area (Å²) in [5, 5.41) is 2.98. The Balaban J connectivity index is 1.55. The van der Waals surface area contributed by atoms with Gasteiger partial charge in [-0.15, -0.1) is 0 Å². The van der Waals surface area contributed by atoms with Crippen molar-refractivity contribution < 1.29 is 4.79 Å². The van der Waals surface area contributed by atoms with E-state index in [1.165, 1.54) is 0 Å². The lowest BCUT2D eigenvalue weighted by Gasteiger charge is -2.24. The first-order valence-electron chi connectivity index (χ1n) is 10.3. The minimum Gasteiger partial charge on any atom is -0.325 e. The largest absolute Gasteiger partial charge is 0.325 e. The van der Waals surface area contributed by atoms with E-state index < -0.39 is 6.04 Å². The Morgan fingerprint density at radius 2 is 1.42 bits per heavy atom. The Labute approximate surface area is 182 Å². The summed E-state index contributed by atoms with van der Waals surface area (Å²) in [6.45, 7) is 2.03. The molecule has 0 fully saturated rings. The zero-order valence-corrected chi connectivity index (χ0v) is 17.4. The second-order valence-electron chi connectivity index (χ2n) is 7.58. The third-order valence-corrected chi connectivity index (χ3v) is 5.46. The molecule has 154 valence electrons. The SMILES string of the molecule is Cc1cnccc1-c1ccc(NC(=O)C(N)C(c2ccccc2)c2ccccc2)cc1. The van der Waals surface area contributed by atoms with Gasteiger partial charge in [0.1, 0.15) is 0 Å². The summed E-state index contributed by atoms with van der Waals surface area (Å²) in [6.07, 6.45) is 3.63. The van der Waals surface area contributed by atoms with Crippen molar-refractivity contribution in [3.8, 4) is 11.1 Å². The Hall–Kier alpha value is -3.76. The van der Waals surface area contributed by atoms with E-state index in [1.807, 2.05) is 104 Å². The van der Waals surface area contributed by atoms with Crippen LogP contribution in [0.5, 0.6) is 0 Å². The number of anilines is 1. The number of benzene rings is 3. The summed E-state index contributed by atoms with van der Waals surface area (Å²) >= 11 is 0. The molecule has 1 amide bonds. The van der Waals surface area contributed by atoms with Crippen LogP contribution >= 0.6 is 0 Å². The maximum Gasteiger partial charge on any atom is 0.242 e. The van der Waals surface area contributed by atoms with Crippen molar-refractivity contribution in [2.75, 3.05) is 5.32 Å². The first-order valence-corrected chi connectivity index (χ1v) is 10.3. The van der Waals surface area contributed by atoms with Crippen molar-refractivity contribution >= 4 is 11.6 Å². The van der Waals surface area contributed by atoms with Crippen LogP contribution < -0.4 is 11.1 Å². The molecule has 0 spiro atoms. The highest BCUT2D eigenvalue weighted by molar-refractivity contribution is 5.96. The van der Waals surface area contributed by atoms with Gasteiger partial charge in [0.2, 0.25) is 5.91 Å². The molecule has 1 unspecified atom stereocenters. The first kappa shape index (κ1) is 20.5. The molecule has 1 atom stereocenters. The van der Waals surface area contributed by atoms with Gasteiger partial charge < -0.3 is 11.1 Å². The van der Waals surface area contributed by atoms with E-state index in [9.17, 15) is 4.79 Å². The summed E-state index contributed by atoms with van der Waals surface area (Å²) in [7, 11) is 0. The third-order valence-electron chi connectivity index (χ3n) is 5.46. The Kier molecular flexibility index (Phi) is 6.20. The quantitative estimate of drug-likeness (QED) is 0.464. The number of carbonyl (C=O) groups excluding carboxylic acids is 1. The minimum absolute atomic E-state index is 0.217. The number of nitrogens with one attached hydrogen (secondary N) is 1. The molecule has 4 heteroatoms. The van der Waals surface area contributed by atoms with Crippen LogP contribution in [0.3, 0.4) is 0 Å². The van der Waals surface area contributed by atoms with E-state index in [0.29, 0.717) is 0 Å². The van der Waals surface area contributed by atoms with Crippen LogP contribution in [-0.4, -0.2) is 16.9 Å². The van der Waals surface area contributed by atoms with Crippen LogP contribution in [-0.2, 0) is 4.79 Å². The van der Waals surface area contributed by atoms with Gasteiger partial charge in [0.05, 0.1) is 6.04 Å². The molecule has 1 heterocycles. The Morgan fingerprint density at radius 1 is 0.839 bits per heavy atom. The van der Waals surface area contributed by atoms with Gasteiger partial charge in [-0.3, -0.25) is 9.78 Å². The third kappa shape index (κ3) is 4.71. The highest BCUT2D eigenvalue weighted by Gasteiger charge is 2.27. The number of nitrogens with zero attached hydrogens (tertiary/aromatic N) is 1. The maximum atomic E-state index is 13.1. The van der Waals surface area contributed by atoms with Crippen molar-refractivity contribution in [1.29, 1.82) is 0 Å². The number of aromatic nitrogens is 1. The molecule has 4 aromatic rings. The van der Waals surface area contributed by atoms with Crippen molar-refractivity contribution in [2.45, 2.75) is 18.9 Å². The van der Waals surface area contributed by atoms with E-state index in [2.05, 4.69) is 10.3 Å². The number of carbonyl (C=O) groups is 1. The molecular formula is C27H25N3O. The van der Waals surface area contributed by atoms with E-state index in [-0.39, 0.29) is 11.8 Å². The zero-order valence-electron chi connectivity index (χ0n) is 17.4. The number of nitrogens with two attached hydrogens (primary N) is 1. The number of rotatable bonds is 6. The smallest absolute Gasteiger partial charge is 0.242 e. The number of amides is 1. The lowest BCUT2D eigenvalue weighted by atomic mass is 9.85. The van der Waals surface area contributed by atoms with Crippen molar-refractivity contribution in [3.05, 3.63) is 120 Å². The molecule has 4 rings (SSSR count). The molecule has 3 N–H and O–H groups in total. The number of hydrogen-bond acceptors (Lipinski definition) is 3. The number of aryl methyl sites for hydroxylation is 1. The standard InChI is InChI=1S/C27H25N3O/c1-19-18-29-17-16-24(19)20-12-14-23(15-13-20)30-27(31)26(28)25(21-8-4-2-5-9-21)22-10-6-3-7-11-22/h2-18,25-26H,28H2,1H3,(H,30,31). The van der Waals surface area contributed by atoms with Crippen LogP contribution in [0.4, 0.5) is 5.69 Å². The molecule has 0 saturated carbocycles. The maximum absolute atomic E-state index is 13.1. The average Bonchev–Trinajstić information content (AvgIpc) is 2.81. The molecular weight excluding hydrogens is 382 g/mol. The van der Waals surface area contributed by atoms with Gasteiger partial charge in [-0.2, -0.15) is 0 Å². The molecule has 0 aliphatic carbocycles. The summed E-state index contributed by atoms with van der Waals surface area (Å²) in [4.78, 5) is 17.2. The van der Waals surface area contributed by atoms with Crippen LogP contribution in [0, 0.1) is 6.92 Å². The van der Waals surface area contributed by atoms with Gasteiger partial charge in [-0.05, 0) is 52.9 Å². The normalized spacial score (nSPS) is 11.8. The van der Waals surface area contributed by atoms with Gasteiger partial charge in [0.25, 0.3) is 0 Å². The zero-order chi connectivity index (χ0) is 21.6. The molecule has 0 bridgehead atoms. The molecule has 3 aromatic carbocycles. The summed E-state index contributed by atoms with van der Waals surface area (Å²) < 4.78 is 0. The van der Waals surface area contributed by atoms with Gasteiger partial charge in [-0.1, -0.05) is 72.8 Å². The fourth-order valence-electron chi connectivity index (χ4n) is 3.84. The molecule has 31 heavy (non-hydrogen) atoms. The Morgan fingerprint density at radius 3 is 1.97 bits per heavy atom. The van der Waals surface area contributed by atoms with Crippen LogP contribution in [0.2, 0.25) is 0 Å². The van der Waals surface area contributed by atoms with E-state index in [4.69, 9.17) is 5.73 Å². The van der Waals surface area contributed by atoms with Crippen molar-refractivity contribution in [1.82, 2.24) is 4.98 Å².